The quantitative estimate of drug-likeness (QED) is 0.591. The third kappa shape index (κ3) is 3.74. The van der Waals surface area contributed by atoms with Gasteiger partial charge in [-0.05, 0) is 55.0 Å². The summed E-state index contributed by atoms with van der Waals surface area (Å²) >= 11 is 5.15. The molecule has 0 aliphatic carbocycles. The third-order valence-corrected chi connectivity index (χ3v) is 5.12. The number of anilines is 2. The van der Waals surface area contributed by atoms with Gasteiger partial charge in [0, 0.05) is 20.6 Å². The van der Waals surface area contributed by atoms with Gasteiger partial charge in [0.15, 0.2) is 5.13 Å². The topological polar surface area (TPSA) is 34.2 Å². The van der Waals surface area contributed by atoms with Crippen LogP contribution in [0.3, 0.4) is 0 Å². The number of thiazole rings is 1. The van der Waals surface area contributed by atoms with Gasteiger partial charge >= 0.3 is 0 Å². The molecule has 3 nitrogen and oxygen atoms in total. The number of rotatable bonds is 5. The second kappa shape index (κ2) is 7.15. The highest BCUT2D eigenvalue weighted by atomic mass is 79.9. The smallest absolute Gasteiger partial charge is 0.187 e. The van der Waals surface area contributed by atoms with Crippen LogP contribution in [-0.4, -0.2) is 12.1 Å². The first kappa shape index (κ1) is 16.0. The van der Waals surface area contributed by atoms with Crippen molar-refractivity contribution in [1.29, 1.82) is 0 Å². The summed E-state index contributed by atoms with van der Waals surface area (Å²) in [5, 5.41) is 4.29. The van der Waals surface area contributed by atoms with Crippen LogP contribution in [0, 0.1) is 0 Å². The molecule has 2 aromatic carbocycles. The van der Waals surface area contributed by atoms with E-state index in [2.05, 4.69) is 40.3 Å². The van der Waals surface area contributed by atoms with E-state index in [-0.39, 0.29) is 0 Å². The summed E-state index contributed by atoms with van der Waals surface area (Å²) in [5.74, 6) is 0.857. The van der Waals surface area contributed by atoms with Crippen molar-refractivity contribution in [2.75, 3.05) is 12.4 Å². The van der Waals surface area contributed by atoms with Gasteiger partial charge in [0.05, 0.1) is 12.8 Å². The molecule has 1 heterocycles. The molecule has 118 valence electrons. The third-order valence-electron chi connectivity index (χ3n) is 3.48. The molecule has 1 N–H and O–H groups in total. The number of ether oxygens (including phenoxy) is 1. The predicted octanol–water partition coefficient (Wildman–Crippen LogP) is 5.89. The largest absolute Gasteiger partial charge is 0.497 e. The van der Waals surface area contributed by atoms with Crippen molar-refractivity contribution in [3.8, 4) is 17.0 Å². The van der Waals surface area contributed by atoms with Crippen LogP contribution in [0.5, 0.6) is 5.75 Å². The van der Waals surface area contributed by atoms with Crippen molar-refractivity contribution in [3.05, 3.63) is 57.9 Å². The van der Waals surface area contributed by atoms with Crippen LogP contribution in [0.4, 0.5) is 10.8 Å². The van der Waals surface area contributed by atoms with E-state index in [1.165, 1.54) is 4.88 Å². The fraction of sp³-hybridized carbons (Fsp3) is 0.167. The maximum atomic E-state index is 5.22. The normalized spacial score (nSPS) is 10.6. The summed E-state index contributed by atoms with van der Waals surface area (Å²) in [5.41, 5.74) is 3.19. The number of hydrogen-bond donors (Lipinski definition) is 1. The van der Waals surface area contributed by atoms with Crippen LogP contribution in [-0.2, 0) is 6.42 Å². The molecule has 0 saturated heterocycles. The number of methoxy groups -OCH3 is 1. The standard InChI is InChI=1S/C18H17BrN2OS/c1-3-16-17(12-4-10-15(22-2)11-5-12)21-18(23-16)20-14-8-6-13(19)7-9-14/h4-11H,3H2,1-2H3,(H,20,21). The van der Waals surface area contributed by atoms with Gasteiger partial charge in [-0.25, -0.2) is 4.98 Å². The highest BCUT2D eigenvalue weighted by Gasteiger charge is 2.12. The van der Waals surface area contributed by atoms with Crippen molar-refractivity contribution >= 4 is 38.1 Å². The summed E-state index contributed by atoms with van der Waals surface area (Å²) in [7, 11) is 1.68. The summed E-state index contributed by atoms with van der Waals surface area (Å²) in [6.45, 7) is 2.16. The summed E-state index contributed by atoms with van der Waals surface area (Å²) < 4.78 is 6.29. The Labute approximate surface area is 148 Å². The SMILES string of the molecule is CCc1sc(Nc2ccc(Br)cc2)nc1-c1ccc(OC)cc1. The van der Waals surface area contributed by atoms with E-state index >= 15 is 0 Å². The van der Waals surface area contributed by atoms with E-state index in [0.29, 0.717) is 0 Å². The summed E-state index contributed by atoms with van der Waals surface area (Å²) in [4.78, 5) is 6.05. The fourth-order valence-corrected chi connectivity index (χ4v) is 3.48. The molecule has 0 amide bonds. The number of halogens is 1. The van der Waals surface area contributed by atoms with Crippen molar-refractivity contribution in [3.63, 3.8) is 0 Å². The van der Waals surface area contributed by atoms with E-state index in [9.17, 15) is 0 Å². The molecule has 0 fully saturated rings. The molecule has 3 aromatic rings. The number of aromatic nitrogens is 1. The van der Waals surface area contributed by atoms with Crippen molar-refractivity contribution in [2.24, 2.45) is 0 Å². The molecule has 0 unspecified atom stereocenters. The Morgan fingerprint density at radius 2 is 1.78 bits per heavy atom. The average molecular weight is 389 g/mol. The van der Waals surface area contributed by atoms with E-state index < -0.39 is 0 Å². The molecule has 3 rings (SSSR count). The highest BCUT2D eigenvalue weighted by molar-refractivity contribution is 9.10. The molecule has 23 heavy (non-hydrogen) atoms. The van der Waals surface area contributed by atoms with Gasteiger partial charge in [-0.2, -0.15) is 0 Å². The first-order chi connectivity index (χ1) is 11.2. The van der Waals surface area contributed by atoms with Gasteiger partial charge in [-0.1, -0.05) is 22.9 Å². The minimum absolute atomic E-state index is 0.857. The zero-order chi connectivity index (χ0) is 16.2. The van der Waals surface area contributed by atoms with Gasteiger partial charge in [-0.3, -0.25) is 0 Å². The lowest BCUT2D eigenvalue weighted by atomic mass is 10.1. The monoisotopic (exact) mass is 388 g/mol. The molecule has 0 bridgehead atoms. The zero-order valence-corrected chi connectivity index (χ0v) is 15.4. The molecule has 0 saturated carbocycles. The van der Waals surface area contributed by atoms with Gasteiger partial charge in [0.1, 0.15) is 5.75 Å². The Hall–Kier alpha value is -1.85. The van der Waals surface area contributed by atoms with Crippen LogP contribution < -0.4 is 10.1 Å². The van der Waals surface area contributed by atoms with Crippen LogP contribution in [0.1, 0.15) is 11.8 Å². The molecule has 0 aliphatic rings. The van der Waals surface area contributed by atoms with Crippen LogP contribution >= 0.6 is 27.3 Å². The minimum atomic E-state index is 0.857. The van der Waals surface area contributed by atoms with E-state index in [4.69, 9.17) is 9.72 Å². The average Bonchev–Trinajstić information content (AvgIpc) is 3.00. The molecule has 0 radical (unpaired) electrons. The van der Waals surface area contributed by atoms with Crippen LogP contribution in [0.25, 0.3) is 11.3 Å². The molecular formula is C18H17BrN2OS. The molecular weight excluding hydrogens is 372 g/mol. The number of nitrogens with one attached hydrogen (secondary N) is 1. The Balaban J connectivity index is 1.88. The highest BCUT2D eigenvalue weighted by Crippen LogP contribution is 2.33. The summed E-state index contributed by atoms with van der Waals surface area (Å²) in [6.07, 6.45) is 0.959. The molecule has 0 atom stereocenters. The van der Waals surface area contributed by atoms with Crippen LogP contribution in [0.15, 0.2) is 53.0 Å². The predicted molar refractivity (Wildman–Crippen MR) is 101 cm³/mol. The second-order valence-corrected chi connectivity index (χ2v) is 7.00. The minimum Gasteiger partial charge on any atom is -0.497 e. The van der Waals surface area contributed by atoms with E-state index in [0.717, 1.165) is 38.7 Å². The zero-order valence-electron chi connectivity index (χ0n) is 13.0. The van der Waals surface area contributed by atoms with Crippen molar-refractivity contribution < 1.29 is 4.74 Å². The molecule has 0 aliphatic heterocycles. The first-order valence-corrected chi connectivity index (χ1v) is 8.97. The number of nitrogens with zero attached hydrogens (tertiary/aromatic N) is 1. The number of benzene rings is 2. The number of aryl methyl sites for hydroxylation is 1. The first-order valence-electron chi connectivity index (χ1n) is 7.36. The number of hydrogen-bond acceptors (Lipinski definition) is 4. The Bertz CT molecular complexity index is 782. The fourth-order valence-electron chi connectivity index (χ4n) is 2.28. The lowest BCUT2D eigenvalue weighted by Gasteiger charge is -2.03. The van der Waals surface area contributed by atoms with E-state index in [1.807, 2.05) is 36.4 Å². The van der Waals surface area contributed by atoms with Gasteiger partial charge in [0.2, 0.25) is 0 Å². The van der Waals surface area contributed by atoms with Crippen molar-refractivity contribution in [2.45, 2.75) is 13.3 Å². The lowest BCUT2D eigenvalue weighted by molar-refractivity contribution is 0.415. The molecule has 5 heteroatoms. The van der Waals surface area contributed by atoms with E-state index in [1.54, 1.807) is 18.4 Å². The van der Waals surface area contributed by atoms with Crippen LogP contribution in [0.2, 0.25) is 0 Å². The lowest BCUT2D eigenvalue weighted by Crippen LogP contribution is -1.89. The van der Waals surface area contributed by atoms with Gasteiger partial charge in [0.25, 0.3) is 0 Å². The maximum absolute atomic E-state index is 5.22. The van der Waals surface area contributed by atoms with Crippen molar-refractivity contribution in [1.82, 2.24) is 4.98 Å². The Kier molecular flexibility index (Phi) is 4.98. The molecule has 0 spiro atoms. The maximum Gasteiger partial charge on any atom is 0.187 e. The van der Waals surface area contributed by atoms with Gasteiger partial charge in [-0.15, -0.1) is 11.3 Å². The second-order valence-electron chi connectivity index (χ2n) is 5.00. The molecule has 1 aromatic heterocycles. The van der Waals surface area contributed by atoms with Gasteiger partial charge < -0.3 is 10.1 Å². The Morgan fingerprint density at radius 1 is 1.09 bits per heavy atom. The summed E-state index contributed by atoms with van der Waals surface area (Å²) in [6, 6.07) is 16.1. The Morgan fingerprint density at radius 3 is 2.39 bits per heavy atom.